The highest BCUT2D eigenvalue weighted by Crippen LogP contribution is 2.27. The third-order valence-corrected chi connectivity index (χ3v) is 3.12. The number of hydrogen-bond acceptors (Lipinski definition) is 3. The van der Waals surface area contributed by atoms with E-state index in [1.807, 2.05) is 6.92 Å². The van der Waals surface area contributed by atoms with Crippen LogP contribution in [0.25, 0.3) is 0 Å². The van der Waals surface area contributed by atoms with Gasteiger partial charge in [0.1, 0.15) is 0 Å². The first kappa shape index (κ1) is 14.6. The lowest BCUT2D eigenvalue weighted by Crippen LogP contribution is -2.15. The van der Waals surface area contributed by atoms with E-state index >= 15 is 0 Å². The largest absolute Gasteiger partial charge is 0.396 e. The SMILES string of the molecule is CCn1cc(N)c(C(=O)Nc2cc(Cl)c(F)c(Cl)c2)n1. The highest BCUT2D eigenvalue weighted by atomic mass is 35.5. The Balaban J connectivity index is 2.25. The van der Waals surface area contributed by atoms with E-state index in [9.17, 15) is 9.18 Å². The molecule has 0 aliphatic heterocycles. The summed E-state index contributed by atoms with van der Waals surface area (Å²) >= 11 is 11.3. The van der Waals surface area contributed by atoms with Gasteiger partial charge in [0.25, 0.3) is 5.91 Å². The minimum Gasteiger partial charge on any atom is -0.396 e. The molecule has 1 aromatic carbocycles. The number of nitrogens with two attached hydrogens (primary N) is 1. The zero-order valence-corrected chi connectivity index (χ0v) is 12.0. The molecule has 2 rings (SSSR count). The topological polar surface area (TPSA) is 72.9 Å². The van der Waals surface area contributed by atoms with Gasteiger partial charge >= 0.3 is 0 Å². The van der Waals surface area contributed by atoms with E-state index in [-0.39, 0.29) is 27.1 Å². The third kappa shape index (κ3) is 2.86. The van der Waals surface area contributed by atoms with Gasteiger partial charge in [-0.05, 0) is 19.1 Å². The molecular weight excluding hydrogens is 306 g/mol. The number of rotatable bonds is 3. The maximum atomic E-state index is 13.3. The van der Waals surface area contributed by atoms with E-state index in [2.05, 4.69) is 10.4 Å². The predicted molar refractivity (Wildman–Crippen MR) is 76.7 cm³/mol. The Morgan fingerprint density at radius 2 is 2.05 bits per heavy atom. The maximum absolute atomic E-state index is 13.3. The second-order valence-corrected chi connectivity index (χ2v) is 4.81. The predicted octanol–water partition coefficient (Wildman–Crippen LogP) is 3.18. The molecule has 0 fully saturated rings. The average molecular weight is 317 g/mol. The number of carbonyl (C=O) groups is 1. The van der Waals surface area contributed by atoms with Crippen LogP contribution in [0.3, 0.4) is 0 Å². The molecule has 20 heavy (non-hydrogen) atoms. The summed E-state index contributed by atoms with van der Waals surface area (Å²) in [5.41, 5.74) is 6.30. The Bertz CT molecular complexity index is 648. The monoisotopic (exact) mass is 316 g/mol. The summed E-state index contributed by atoms with van der Waals surface area (Å²) in [7, 11) is 0. The summed E-state index contributed by atoms with van der Waals surface area (Å²) in [6.07, 6.45) is 1.56. The molecule has 1 aromatic heterocycles. The van der Waals surface area contributed by atoms with Gasteiger partial charge in [-0.25, -0.2) is 4.39 Å². The van der Waals surface area contributed by atoms with E-state index < -0.39 is 11.7 Å². The quantitative estimate of drug-likeness (QED) is 0.854. The summed E-state index contributed by atoms with van der Waals surface area (Å²) in [4.78, 5) is 12.0. The third-order valence-electron chi connectivity index (χ3n) is 2.57. The first-order valence-electron chi connectivity index (χ1n) is 5.71. The van der Waals surface area contributed by atoms with Crippen LogP contribution in [-0.2, 0) is 6.54 Å². The number of hydrogen-bond donors (Lipinski definition) is 2. The molecule has 8 heteroatoms. The van der Waals surface area contributed by atoms with Crippen LogP contribution in [0.2, 0.25) is 10.0 Å². The standard InChI is InChI=1S/C12H11Cl2FN4O/c1-2-19-5-9(16)11(18-19)12(20)17-6-3-7(13)10(15)8(14)4-6/h3-5H,2,16H2,1H3,(H,17,20). The molecule has 0 saturated heterocycles. The van der Waals surface area contributed by atoms with Crippen LogP contribution in [0.15, 0.2) is 18.3 Å². The van der Waals surface area contributed by atoms with Crippen LogP contribution < -0.4 is 11.1 Å². The van der Waals surface area contributed by atoms with Crippen molar-refractivity contribution in [2.24, 2.45) is 0 Å². The second-order valence-electron chi connectivity index (χ2n) is 4.00. The fourth-order valence-electron chi connectivity index (χ4n) is 1.59. The van der Waals surface area contributed by atoms with Crippen molar-refractivity contribution in [2.45, 2.75) is 13.5 Å². The number of nitrogen functional groups attached to an aromatic ring is 1. The molecule has 106 valence electrons. The lowest BCUT2D eigenvalue weighted by molar-refractivity contribution is 0.102. The first-order valence-corrected chi connectivity index (χ1v) is 6.46. The molecule has 0 radical (unpaired) electrons. The normalized spacial score (nSPS) is 10.6. The highest BCUT2D eigenvalue weighted by Gasteiger charge is 2.16. The van der Waals surface area contributed by atoms with Gasteiger partial charge in [0.2, 0.25) is 0 Å². The number of nitrogens with zero attached hydrogens (tertiary/aromatic N) is 2. The number of nitrogens with one attached hydrogen (secondary N) is 1. The zero-order chi connectivity index (χ0) is 14.9. The van der Waals surface area contributed by atoms with Gasteiger partial charge in [0, 0.05) is 18.4 Å². The Hall–Kier alpha value is -1.79. The van der Waals surface area contributed by atoms with Gasteiger partial charge in [0.05, 0.1) is 15.7 Å². The van der Waals surface area contributed by atoms with Crippen LogP contribution in [0, 0.1) is 5.82 Å². The molecule has 0 atom stereocenters. The van der Waals surface area contributed by atoms with E-state index in [0.717, 1.165) is 0 Å². The van der Waals surface area contributed by atoms with E-state index in [4.69, 9.17) is 28.9 Å². The molecule has 0 saturated carbocycles. The van der Waals surface area contributed by atoms with Gasteiger partial charge in [-0.3, -0.25) is 9.48 Å². The lowest BCUT2D eigenvalue weighted by Gasteiger charge is -2.06. The fourth-order valence-corrected chi connectivity index (χ4v) is 2.08. The minimum absolute atomic E-state index is 0.0865. The van der Waals surface area contributed by atoms with Gasteiger partial charge < -0.3 is 11.1 Å². The minimum atomic E-state index is -0.735. The molecule has 3 N–H and O–H groups in total. The number of carbonyl (C=O) groups excluding carboxylic acids is 1. The fraction of sp³-hybridized carbons (Fsp3) is 0.167. The van der Waals surface area contributed by atoms with Crippen LogP contribution in [0.4, 0.5) is 15.8 Å². The lowest BCUT2D eigenvalue weighted by atomic mass is 10.3. The van der Waals surface area contributed by atoms with E-state index in [1.54, 1.807) is 6.20 Å². The van der Waals surface area contributed by atoms with Crippen molar-refractivity contribution < 1.29 is 9.18 Å². The molecule has 5 nitrogen and oxygen atoms in total. The smallest absolute Gasteiger partial charge is 0.278 e. The highest BCUT2D eigenvalue weighted by molar-refractivity contribution is 6.35. The summed E-state index contributed by atoms with van der Waals surface area (Å²) in [6, 6.07) is 2.52. The number of anilines is 2. The maximum Gasteiger partial charge on any atom is 0.278 e. The first-order chi connectivity index (χ1) is 9.42. The summed E-state index contributed by atoms with van der Waals surface area (Å²) in [5.74, 6) is -1.26. The molecule has 2 aromatic rings. The van der Waals surface area contributed by atoms with Crippen molar-refractivity contribution >= 4 is 40.5 Å². The number of amides is 1. The molecule has 1 heterocycles. The molecule has 0 unspecified atom stereocenters. The second kappa shape index (κ2) is 5.68. The molecular formula is C12H11Cl2FN4O. The van der Waals surface area contributed by atoms with Crippen LogP contribution in [-0.4, -0.2) is 15.7 Å². The van der Waals surface area contributed by atoms with Crippen molar-refractivity contribution in [1.29, 1.82) is 0 Å². The van der Waals surface area contributed by atoms with E-state index in [1.165, 1.54) is 16.8 Å². The summed E-state index contributed by atoms with van der Waals surface area (Å²) in [5, 5.41) is 6.18. The van der Waals surface area contributed by atoms with Crippen molar-refractivity contribution in [1.82, 2.24) is 9.78 Å². The molecule has 0 bridgehead atoms. The number of aryl methyl sites for hydroxylation is 1. The Kier molecular flexibility index (Phi) is 4.15. The molecule has 1 amide bonds. The summed E-state index contributed by atoms with van der Waals surface area (Å²) in [6.45, 7) is 2.46. The van der Waals surface area contributed by atoms with Crippen molar-refractivity contribution in [3.05, 3.63) is 39.9 Å². The Labute approximate surface area is 124 Å². The van der Waals surface area contributed by atoms with Gasteiger partial charge in [-0.1, -0.05) is 23.2 Å². The number of halogens is 3. The number of benzene rings is 1. The Morgan fingerprint density at radius 1 is 1.45 bits per heavy atom. The van der Waals surface area contributed by atoms with Crippen LogP contribution in [0.1, 0.15) is 17.4 Å². The molecule has 0 spiro atoms. The van der Waals surface area contributed by atoms with Crippen LogP contribution in [0.5, 0.6) is 0 Å². The zero-order valence-electron chi connectivity index (χ0n) is 10.5. The van der Waals surface area contributed by atoms with E-state index in [0.29, 0.717) is 6.54 Å². The molecule has 0 aliphatic rings. The molecule has 0 aliphatic carbocycles. The van der Waals surface area contributed by atoms with Gasteiger partial charge in [0.15, 0.2) is 11.5 Å². The van der Waals surface area contributed by atoms with Crippen molar-refractivity contribution in [2.75, 3.05) is 11.1 Å². The van der Waals surface area contributed by atoms with Crippen molar-refractivity contribution in [3.63, 3.8) is 0 Å². The number of aromatic nitrogens is 2. The van der Waals surface area contributed by atoms with Crippen LogP contribution >= 0.6 is 23.2 Å². The van der Waals surface area contributed by atoms with Crippen molar-refractivity contribution in [3.8, 4) is 0 Å². The Morgan fingerprint density at radius 3 is 2.55 bits per heavy atom. The average Bonchev–Trinajstić information content (AvgIpc) is 2.77. The van der Waals surface area contributed by atoms with Gasteiger partial charge in [-0.15, -0.1) is 0 Å². The summed E-state index contributed by atoms with van der Waals surface area (Å²) < 4.78 is 14.8. The van der Waals surface area contributed by atoms with Gasteiger partial charge in [-0.2, -0.15) is 5.10 Å².